The van der Waals surface area contributed by atoms with Gasteiger partial charge >= 0.3 is 0 Å². The number of aromatic nitrogens is 2. The van der Waals surface area contributed by atoms with Gasteiger partial charge in [0.1, 0.15) is 0 Å². The Balaban J connectivity index is 1.84. The predicted molar refractivity (Wildman–Crippen MR) is 90.6 cm³/mol. The van der Waals surface area contributed by atoms with Crippen LogP contribution in [0, 0.1) is 6.42 Å². The van der Waals surface area contributed by atoms with Crippen LogP contribution >= 0.6 is 11.8 Å². The molecule has 0 bridgehead atoms. The van der Waals surface area contributed by atoms with E-state index < -0.39 is 5.91 Å². The number of pyridine rings is 2. The van der Waals surface area contributed by atoms with Crippen LogP contribution in [0.2, 0.25) is 0 Å². The summed E-state index contributed by atoms with van der Waals surface area (Å²) < 4.78 is 0. The first-order chi connectivity index (χ1) is 11.2. The lowest BCUT2D eigenvalue weighted by atomic mass is 10.1. The molecule has 2 amide bonds. The summed E-state index contributed by atoms with van der Waals surface area (Å²) in [6, 6.07) is 8.92. The quantitative estimate of drug-likeness (QED) is 0.711. The number of hydrogen-bond donors (Lipinski definition) is 2. The molecule has 0 saturated heterocycles. The fraction of sp³-hybridized carbons (Fsp3) is 0.188. The van der Waals surface area contributed by atoms with E-state index in [0.29, 0.717) is 29.3 Å². The number of nitrogens with zero attached hydrogens (tertiary/aromatic N) is 2. The van der Waals surface area contributed by atoms with Crippen LogP contribution < -0.4 is 11.1 Å². The third kappa shape index (κ3) is 5.71. The summed E-state index contributed by atoms with van der Waals surface area (Å²) in [6.45, 7) is 0.511. The zero-order chi connectivity index (χ0) is 16.5. The van der Waals surface area contributed by atoms with Crippen LogP contribution in [0.1, 0.15) is 10.4 Å². The summed E-state index contributed by atoms with van der Waals surface area (Å²) in [4.78, 5) is 31.1. The van der Waals surface area contributed by atoms with Crippen LogP contribution in [-0.4, -0.2) is 39.8 Å². The Hall–Kier alpha value is -2.41. The number of nitrogens with two attached hydrogens (primary N) is 1. The van der Waals surface area contributed by atoms with Crippen molar-refractivity contribution in [3.05, 3.63) is 54.7 Å². The van der Waals surface area contributed by atoms with Crippen molar-refractivity contribution in [2.24, 2.45) is 5.73 Å². The van der Waals surface area contributed by atoms with Crippen LogP contribution in [-0.2, 0) is 4.79 Å². The third-order valence-electron chi connectivity index (χ3n) is 2.88. The molecule has 6 nitrogen and oxygen atoms in total. The van der Waals surface area contributed by atoms with Crippen molar-refractivity contribution < 1.29 is 9.59 Å². The zero-order valence-electron chi connectivity index (χ0n) is 12.4. The number of primary amides is 1. The van der Waals surface area contributed by atoms with Crippen molar-refractivity contribution in [3.8, 4) is 11.4 Å². The molecule has 2 rings (SSSR count). The van der Waals surface area contributed by atoms with Crippen molar-refractivity contribution in [1.29, 1.82) is 0 Å². The molecular weight excluding hydrogens is 312 g/mol. The van der Waals surface area contributed by atoms with Crippen LogP contribution in [0.3, 0.4) is 0 Å². The van der Waals surface area contributed by atoms with E-state index in [0.717, 1.165) is 5.69 Å². The van der Waals surface area contributed by atoms with Gasteiger partial charge in [0.15, 0.2) is 0 Å². The van der Waals surface area contributed by atoms with E-state index in [9.17, 15) is 9.59 Å². The average Bonchev–Trinajstić information content (AvgIpc) is 2.58. The van der Waals surface area contributed by atoms with E-state index >= 15 is 0 Å². The summed E-state index contributed by atoms with van der Waals surface area (Å²) >= 11 is 1.53. The molecule has 119 valence electrons. The molecule has 0 saturated carbocycles. The van der Waals surface area contributed by atoms with Crippen molar-refractivity contribution in [2.45, 2.75) is 0 Å². The number of carbonyl (C=O) groups excluding carboxylic acids is 2. The van der Waals surface area contributed by atoms with Crippen molar-refractivity contribution in [3.63, 3.8) is 0 Å². The third-order valence-corrected chi connectivity index (χ3v) is 3.78. The Bertz CT molecular complexity index is 664. The highest BCUT2D eigenvalue weighted by atomic mass is 32.2. The summed E-state index contributed by atoms with van der Waals surface area (Å²) in [6.07, 6.45) is 4.69. The lowest BCUT2D eigenvalue weighted by Gasteiger charge is -2.06. The van der Waals surface area contributed by atoms with Gasteiger partial charge in [-0.05, 0) is 24.3 Å². The molecule has 0 spiro atoms. The fourth-order valence-electron chi connectivity index (χ4n) is 1.79. The van der Waals surface area contributed by atoms with Gasteiger partial charge < -0.3 is 11.1 Å². The molecule has 3 N–H and O–H groups in total. The molecule has 0 aliphatic carbocycles. The van der Waals surface area contributed by atoms with Gasteiger partial charge in [0.2, 0.25) is 5.91 Å². The molecule has 0 aliphatic heterocycles. The Labute approximate surface area is 138 Å². The minimum Gasteiger partial charge on any atom is -0.369 e. The normalized spacial score (nSPS) is 10.3. The number of amides is 2. The molecule has 0 aliphatic rings. The Morgan fingerprint density at radius 2 is 2.00 bits per heavy atom. The summed E-state index contributed by atoms with van der Waals surface area (Å²) in [5.41, 5.74) is 6.92. The summed E-state index contributed by atoms with van der Waals surface area (Å²) in [7, 11) is 0. The van der Waals surface area contributed by atoms with Crippen molar-refractivity contribution in [1.82, 2.24) is 15.3 Å². The minimum atomic E-state index is -0.430. The predicted octanol–water partition coefficient (Wildman–Crippen LogP) is 1.30. The number of rotatable bonds is 8. The molecule has 0 atom stereocenters. The fourth-order valence-corrected chi connectivity index (χ4v) is 2.48. The van der Waals surface area contributed by atoms with Gasteiger partial charge in [-0.15, -0.1) is 0 Å². The largest absolute Gasteiger partial charge is 0.369 e. The maximum Gasteiger partial charge on any atom is 0.251 e. The molecule has 0 unspecified atom stereocenters. The van der Waals surface area contributed by atoms with Crippen molar-refractivity contribution in [2.75, 3.05) is 18.1 Å². The van der Waals surface area contributed by atoms with Gasteiger partial charge in [-0.1, -0.05) is 6.07 Å². The number of hydrogen-bond acceptors (Lipinski definition) is 5. The maximum atomic E-state index is 12.1. The highest BCUT2D eigenvalue weighted by Crippen LogP contribution is 2.14. The second-order valence-electron chi connectivity index (χ2n) is 4.58. The Morgan fingerprint density at radius 3 is 2.74 bits per heavy atom. The molecular formula is C16H17N4O2S. The zero-order valence-corrected chi connectivity index (χ0v) is 13.3. The van der Waals surface area contributed by atoms with Crippen LogP contribution in [0.4, 0.5) is 0 Å². The smallest absolute Gasteiger partial charge is 0.251 e. The van der Waals surface area contributed by atoms with E-state index in [2.05, 4.69) is 15.3 Å². The van der Waals surface area contributed by atoms with E-state index in [4.69, 9.17) is 5.73 Å². The molecule has 1 radical (unpaired) electrons. The lowest BCUT2D eigenvalue weighted by molar-refractivity contribution is -0.114. The highest BCUT2D eigenvalue weighted by Gasteiger charge is 2.08. The lowest BCUT2D eigenvalue weighted by Crippen LogP contribution is -2.26. The first-order valence-corrected chi connectivity index (χ1v) is 8.18. The molecule has 2 aromatic rings. The second kappa shape index (κ2) is 8.89. The topological polar surface area (TPSA) is 98.0 Å². The summed E-state index contributed by atoms with van der Waals surface area (Å²) in [5.74, 6) is 0.655. The van der Waals surface area contributed by atoms with Gasteiger partial charge in [0.25, 0.3) is 5.91 Å². The van der Waals surface area contributed by atoms with Gasteiger partial charge in [-0.2, -0.15) is 11.8 Å². The number of carbonyl (C=O) groups is 2. The first kappa shape index (κ1) is 17.0. The van der Waals surface area contributed by atoms with Crippen LogP contribution in [0.25, 0.3) is 11.4 Å². The first-order valence-electron chi connectivity index (χ1n) is 7.03. The SMILES string of the molecule is NC(=O)[CH]CSCCNC(=O)c1ccnc(-c2ccccn2)c1. The monoisotopic (exact) mass is 329 g/mol. The van der Waals surface area contributed by atoms with Gasteiger partial charge in [-0.25, -0.2) is 0 Å². The van der Waals surface area contributed by atoms with Crippen LogP contribution in [0.15, 0.2) is 42.7 Å². The van der Waals surface area contributed by atoms with E-state index in [1.165, 1.54) is 18.2 Å². The highest BCUT2D eigenvalue weighted by molar-refractivity contribution is 7.99. The van der Waals surface area contributed by atoms with E-state index in [1.807, 2.05) is 18.2 Å². The number of thioether (sulfide) groups is 1. The second-order valence-corrected chi connectivity index (χ2v) is 5.73. The Morgan fingerprint density at radius 1 is 1.17 bits per heavy atom. The Kier molecular flexibility index (Phi) is 6.56. The molecule has 23 heavy (non-hydrogen) atoms. The minimum absolute atomic E-state index is 0.163. The molecule has 0 fully saturated rings. The number of nitrogens with one attached hydrogen (secondary N) is 1. The molecule has 2 heterocycles. The van der Waals surface area contributed by atoms with Crippen LogP contribution in [0.5, 0.6) is 0 Å². The molecule has 7 heteroatoms. The standard InChI is InChI=1S/C16H17N4O2S/c17-15(21)5-9-23-10-8-20-16(22)12-4-7-19-14(11-12)13-3-1-2-6-18-13/h1-7,11H,8-10H2,(H2,17,21)(H,20,22). The van der Waals surface area contributed by atoms with E-state index in [-0.39, 0.29) is 5.91 Å². The van der Waals surface area contributed by atoms with Gasteiger partial charge in [0, 0.05) is 36.0 Å². The van der Waals surface area contributed by atoms with Gasteiger partial charge in [-0.3, -0.25) is 19.6 Å². The van der Waals surface area contributed by atoms with Crippen molar-refractivity contribution >= 4 is 23.6 Å². The molecule has 0 aromatic carbocycles. The maximum absolute atomic E-state index is 12.1. The van der Waals surface area contributed by atoms with Gasteiger partial charge in [0.05, 0.1) is 17.8 Å². The molecule has 2 aromatic heterocycles. The van der Waals surface area contributed by atoms with E-state index in [1.54, 1.807) is 24.5 Å². The summed E-state index contributed by atoms with van der Waals surface area (Å²) in [5, 5.41) is 2.83. The average molecular weight is 329 g/mol.